The molecule has 3 atom stereocenters. The largest absolute Gasteiger partial charge is 0.461 e. The summed E-state index contributed by atoms with van der Waals surface area (Å²) < 4.78 is 5.74. The number of nitrogens with zero attached hydrogens (tertiary/aromatic N) is 1. The van der Waals surface area contributed by atoms with Gasteiger partial charge in [-0.05, 0) is 32.1 Å². The fourth-order valence-corrected chi connectivity index (χ4v) is 3.20. The van der Waals surface area contributed by atoms with E-state index in [0.717, 1.165) is 44.9 Å². The first-order valence-corrected chi connectivity index (χ1v) is 7.86. The lowest BCUT2D eigenvalue weighted by Crippen LogP contribution is -2.51. The Labute approximate surface area is 116 Å². The quantitative estimate of drug-likeness (QED) is 0.789. The van der Waals surface area contributed by atoms with Crippen molar-refractivity contribution in [3.8, 4) is 0 Å². The maximum atomic E-state index is 12.2. The summed E-state index contributed by atoms with van der Waals surface area (Å²) in [5.74, 6) is 0.727. The van der Waals surface area contributed by atoms with Crippen molar-refractivity contribution in [3.63, 3.8) is 0 Å². The molecule has 1 aliphatic carbocycles. The number of nitrogens with one attached hydrogen (secondary N) is 1. The normalized spacial score (nSPS) is 30.8. The Balaban J connectivity index is 1.79. The van der Waals surface area contributed by atoms with Crippen LogP contribution in [-0.4, -0.2) is 49.2 Å². The fourth-order valence-electron chi connectivity index (χ4n) is 3.20. The van der Waals surface area contributed by atoms with E-state index in [1.807, 2.05) is 6.92 Å². The van der Waals surface area contributed by atoms with E-state index in [4.69, 9.17) is 4.74 Å². The Hall–Kier alpha value is -0.610. The van der Waals surface area contributed by atoms with Gasteiger partial charge >= 0.3 is 5.97 Å². The molecular weight excluding hydrogens is 240 g/mol. The van der Waals surface area contributed by atoms with Gasteiger partial charge in [0.05, 0.1) is 0 Å². The summed E-state index contributed by atoms with van der Waals surface area (Å²) in [4.78, 5) is 14.4. The Kier molecular flexibility index (Phi) is 5.64. The molecule has 1 heterocycles. The minimum absolute atomic E-state index is 0.0244. The molecule has 0 amide bonds. The molecule has 1 saturated heterocycles. The Morgan fingerprint density at radius 3 is 2.79 bits per heavy atom. The topological polar surface area (TPSA) is 41.6 Å². The van der Waals surface area contributed by atoms with Crippen molar-refractivity contribution in [2.75, 3.05) is 26.2 Å². The first-order chi connectivity index (χ1) is 9.20. The van der Waals surface area contributed by atoms with Crippen LogP contribution >= 0.6 is 0 Å². The molecule has 2 rings (SSSR count). The van der Waals surface area contributed by atoms with Crippen LogP contribution in [0.2, 0.25) is 0 Å². The highest BCUT2D eigenvalue weighted by Gasteiger charge is 2.28. The lowest BCUT2D eigenvalue weighted by molar-refractivity contribution is -0.157. The highest BCUT2D eigenvalue weighted by Crippen LogP contribution is 2.28. The van der Waals surface area contributed by atoms with Crippen LogP contribution in [0.15, 0.2) is 0 Å². The van der Waals surface area contributed by atoms with Crippen LogP contribution in [0.5, 0.6) is 0 Å². The number of carbonyl (C=O) groups excluding carboxylic acids is 1. The Bertz CT molecular complexity index is 290. The number of carbonyl (C=O) groups is 1. The SMILES string of the molecule is CCC1CCCC(OC(=O)C(C)N2CCNCC2)C1. The van der Waals surface area contributed by atoms with Gasteiger partial charge in [-0.3, -0.25) is 9.69 Å². The van der Waals surface area contributed by atoms with Crippen LogP contribution in [0.25, 0.3) is 0 Å². The third-order valence-corrected chi connectivity index (χ3v) is 4.64. The van der Waals surface area contributed by atoms with Gasteiger partial charge in [0.25, 0.3) is 0 Å². The fraction of sp³-hybridized carbons (Fsp3) is 0.933. The van der Waals surface area contributed by atoms with E-state index in [9.17, 15) is 4.79 Å². The molecule has 3 unspecified atom stereocenters. The Morgan fingerprint density at radius 2 is 2.11 bits per heavy atom. The van der Waals surface area contributed by atoms with E-state index >= 15 is 0 Å². The van der Waals surface area contributed by atoms with Gasteiger partial charge in [0.1, 0.15) is 12.1 Å². The summed E-state index contributed by atoms with van der Waals surface area (Å²) in [6.45, 7) is 8.04. The van der Waals surface area contributed by atoms with Gasteiger partial charge in [0.15, 0.2) is 0 Å². The Morgan fingerprint density at radius 1 is 1.37 bits per heavy atom. The summed E-state index contributed by atoms with van der Waals surface area (Å²) in [6.07, 6.45) is 6.00. The van der Waals surface area contributed by atoms with Crippen molar-refractivity contribution in [2.45, 2.75) is 58.1 Å². The van der Waals surface area contributed by atoms with Gasteiger partial charge in [0.2, 0.25) is 0 Å². The minimum Gasteiger partial charge on any atom is -0.461 e. The van der Waals surface area contributed by atoms with E-state index in [-0.39, 0.29) is 18.1 Å². The molecule has 0 aromatic carbocycles. The van der Waals surface area contributed by atoms with E-state index in [1.54, 1.807) is 0 Å². The van der Waals surface area contributed by atoms with Crippen LogP contribution in [0, 0.1) is 5.92 Å². The van der Waals surface area contributed by atoms with Gasteiger partial charge in [-0.1, -0.05) is 19.8 Å². The third kappa shape index (κ3) is 4.18. The van der Waals surface area contributed by atoms with Crippen molar-refractivity contribution >= 4 is 5.97 Å². The molecule has 1 saturated carbocycles. The molecule has 0 spiro atoms. The van der Waals surface area contributed by atoms with Crippen molar-refractivity contribution in [2.24, 2.45) is 5.92 Å². The first-order valence-electron chi connectivity index (χ1n) is 7.86. The van der Waals surface area contributed by atoms with Gasteiger partial charge in [0, 0.05) is 26.2 Å². The molecule has 4 heteroatoms. The predicted octanol–water partition coefficient (Wildman–Crippen LogP) is 1.79. The molecule has 0 bridgehead atoms. The van der Waals surface area contributed by atoms with Crippen molar-refractivity contribution in [1.82, 2.24) is 10.2 Å². The number of piperazine rings is 1. The van der Waals surface area contributed by atoms with Gasteiger partial charge in [-0.15, -0.1) is 0 Å². The molecule has 0 radical (unpaired) electrons. The average Bonchev–Trinajstić information content (AvgIpc) is 2.47. The standard InChI is InChI=1S/C15H28N2O2/c1-3-13-5-4-6-14(11-13)19-15(18)12(2)17-9-7-16-8-10-17/h12-14,16H,3-11H2,1-2H3. The zero-order chi connectivity index (χ0) is 13.7. The van der Waals surface area contributed by atoms with Crippen LogP contribution in [-0.2, 0) is 9.53 Å². The molecule has 0 aromatic rings. The van der Waals surface area contributed by atoms with Gasteiger partial charge in [-0.2, -0.15) is 0 Å². The first kappa shape index (κ1) is 14.8. The van der Waals surface area contributed by atoms with Crippen molar-refractivity contribution < 1.29 is 9.53 Å². The highest BCUT2D eigenvalue weighted by molar-refractivity contribution is 5.75. The number of rotatable bonds is 4. The second-order valence-corrected chi connectivity index (χ2v) is 5.96. The van der Waals surface area contributed by atoms with Crippen LogP contribution < -0.4 is 5.32 Å². The lowest BCUT2D eigenvalue weighted by atomic mass is 9.85. The van der Waals surface area contributed by atoms with Gasteiger partial charge < -0.3 is 10.1 Å². The number of hydrogen-bond donors (Lipinski definition) is 1. The number of hydrogen-bond acceptors (Lipinski definition) is 4. The van der Waals surface area contributed by atoms with E-state index in [2.05, 4.69) is 17.1 Å². The van der Waals surface area contributed by atoms with Gasteiger partial charge in [-0.25, -0.2) is 0 Å². The number of ether oxygens (including phenoxy) is 1. The molecule has 0 aromatic heterocycles. The molecule has 4 nitrogen and oxygen atoms in total. The molecule has 1 N–H and O–H groups in total. The minimum atomic E-state index is -0.0934. The molecule has 110 valence electrons. The van der Waals surface area contributed by atoms with Crippen molar-refractivity contribution in [1.29, 1.82) is 0 Å². The molecular formula is C15H28N2O2. The van der Waals surface area contributed by atoms with Crippen LogP contribution in [0.1, 0.15) is 46.0 Å². The summed E-state index contributed by atoms with van der Waals surface area (Å²) >= 11 is 0. The van der Waals surface area contributed by atoms with E-state index in [1.165, 1.54) is 19.3 Å². The molecule has 2 fully saturated rings. The smallest absolute Gasteiger partial charge is 0.323 e. The summed E-state index contributed by atoms with van der Waals surface area (Å²) in [6, 6.07) is -0.0934. The molecule has 19 heavy (non-hydrogen) atoms. The monoisotopic (exact) mass is 268 g/mol. The average molecular weight is 268 g/mol. The maximum absolute atomic E-state index is 12.2. The lowest BCUT2D eigenvalue weighted by Gasteiger charge is -2.33. The van der Waals surface area contributed by atoms with Crippen LogP contribution in [0.4, 0.5) is 0 Å². The zero-order valence-electron chi connectivity index (χ0n) is 12.4. The number of esters is 1. The van der Waals surface area contributed by atoms with Crippen LogP contribution in [0.3, 0.4) is 0 Å². The maximum Gasteiger partial charge on any atom is 0.323 e. The van der Waals surface area contributed by atoms with E-state index < -0.39 is 0 Å². The van der Waals surface area contributed by atoms with Crippen molar-refractivity contribution in [3.05, 3.63) is 0 Å². The third-order valence-electron chi connectivity index (χ3n) is 4.64. The molecule has 1 aliphatic heterocycles. The van der Waals surface area contributed by atoms with E-state index in [0.29, 0.717) is 0 Å². The summed E-state index contributed by atoms with van der Waals surface area (Å²) in [5, 5.41) is 3.31. The predicted molar refractivity (Wildman–Crippen MR) is 76.0 cm³/mol. The second kappa shape index (κ2) is 7.25. The second-order valence-electron chi connectivity index (χ2n) is 5.96. The zero-order valence-corrected chi connectivity index (χ0v) is 12.4. The highest BCUT2D eigenvalue weighted by atomic mass is 16.5. The molecule has 2 aliphatic rings. The summed E-state index contributed by atoms with van der Waals surface area (Å²) in [7, 11) is 0. The summed E-state index contributed by atoms with van der Waals surface area (Å²) in [5.41, 5.74) is 0.